The Morgan fingerprint density at radius 1 is 1.00 bits per heavy atom. The molecule has 33 heavy (non-hydrogen) atoms. The Labute approximate surface area is 196 Å². The molecule has 0 aliphatic carbocycles. The van der Waals surface area contributed by atoms with Gasteiger partial charge in [-0.25, -0.2) is 8.42 Å². The van der Waals surface area contributed by atoms with E-state index in [0.717, 1.165) is 0 Å². The maximum atomic E-state index is 13.0. The predicted octanol–water partition coefficient (Wildman–Crippen LogP) is 4.56. The Balaban J connectivity index is 1.60. The molecule has 0 spiro atoms. The van der Waals surface area contributed by atoms with Gasteiger partial charge in [0.05, 0.1) is 22.9 Å². The minimum Gasteiger partial charge on any atom is -0.492 e. The summed E-state index contributed by atoms with van der Waals surface area (Å²) in [6, 6.07) is 15.4. The van der Waals surface area contributed by atoms with E-state index in [9.17, 15) is 13.2 Å². The van der Waals surface area contributed by atoms with Crippen molar-refractivity contribution in [3.63, 3.8) is 0 Å². The fraction of sp³-hybridized carbons (Fsp3) is 0.174. The van der Waals surface area contributed by atoms with Crippen molar-refractivity contribution in [3.8, 4) is 17.2 Å². The molecular weight excluding hydrogens is 468 g/mol. The van der Waals surface area contributed by atoms with Crippen LogP contribution in [-0.4, -0.2) is 34.1 Å². The minimum atomic E-state index is -3.97. The zero-order valence-electron chi connectivity index (χ0n) is 17.6. The highest BCUT2D eigenvalue weighted by Crippen LogP contribution is 2.34. The summed E-state index contributed by atoms with van der Waals surface area (Å²) in [5.41, 5.74) is 0.909. The van der Waals surface area contributed by atoms with Crippen LogP contribution in [0.25, 0.3) is 0 Å². The highest BCUT2D eigenvalue weighted by molar-refractivity contribution is 7.92. The van der Waals surface area contributed by atoms with Gasteiger partial charge in [0.15, 0.2) is 11.5 Å². The number of sulfonamides is 1. The highest BCUT2D eigenvalue weighted by Gasteiger charge is 2.20. The average molecular weight is 489 g/mol. The van der Waals surface area contributed by atoms with Crippen molar-refractivity contribution in [3.05, 3.63) is 71.2 Å². The van der Waals surface area contributed by atoms with Crippen LogP contribution in [0.1, 0.15) is 17.3 Å². The lowest BCUT2D eigenvalue weighted by molar-refractivity contribution is 0.102. The number of hydrogen-bond donors (Lipinski definition) is 2. The Kier molecular flexibility index (Phi) is 6.62. The van der Waals surface area contributed by atoms with E-state index < -0.39 is 15.9 Å². The number of carbonyl (C=O) groups is 1. The molecule has 8 nitrogen and oxygen atoms in total. The van der Waals surface area contributed by atoms with Gasteiger partial charge in [0, 0.05) is 16.7 Å². The summed E-state index contributed by atoms with van der Waals surface area (Å²) in [6.07, 6.45) is 0. The quantitative estimate of drug-likeness (QED) is 0.505. The second-order valence-electron chi connectivity index (χ2n) is 7.02. The third kappa shape index (κ3) is 5.32. The monoisotopic (exact) mass is 488 g/mol. The van der Waals surface area contributed by atoms with Crippen molar-refractivity contribution >= 4 is 38.9 Å². The predicted molar refractivity (Wildman–Crippen MR) is 125 cm³/mol. The molecule has 2 N–H and O–H groups in total. The third-order valence-corrected chi connectivity index (χ3v) is 6.34. The van der Waals surface area contributed by atoms with Gasteiger partial charge in [0.25, 0.3) is 15.9 Å². The van der Waals surface area contributed by atoms with Crippen molar-refractivity contribution in [2.24, 2.45) is 0 Å². The zero-order valence-corrected chi connectivity index (χ0v) is 19.2. The lowest BCUT2D eigenvalue weighted by Crippen LogP contribution is -2.17. The summed E-state index contributed by atoms with van der Waals surface area (Å²) < 4.78 is 45.1. The first-order valence-electron chi connectivity index (χ1n) is 10.1. The summed E-state index contributed by atoms with van der Waals surface area (Å²) >= 11 is 5.88. The Morgan fingerprint density at radius 2 is 1.73 bits per heavy atom. The zero-order chi connectivity index (χ0) is 23.4. The van der Waals surface area contributed by atoms with E-state index in [0.29, 0.717) is 53.3 Å². The number of hydrogen-bond acceptors (Lipinski definition) is 6. The largest absolute Gasteiger partial charge is 0.492 e. The second kappa shape index (κ2) is 9.60. The summed E-state index contributed by atoms with van der Waals surface area (Å²) in [5, 5.41) is 3.21. The van der Waals surface area contributed by atoms with Crippen molar-refractivity contribution in [2.45, 2.75) is 11.8 Å². The van der Waals surface area contributed by atoms with Gasteiger partial charge in [-0.1, -0.05) is 11.6 Å². The van der Waals surface area contributed by atoms with Gasteiger partial charge in [-0.15, -0.1) is 0 Å². The van der Waals surface area contributed by atoms with Gasteiger partial charge in [-0.2, -0.15) is 0 Å². The number of amides is 1. The summed E-state index contributed by atoms with van der Waals surface area (Å²) in [7, 11) is -3.97. The van der Waals surface area contributed by atoms with E-state index in [-0.39, 0.29) is 10.6 Å². The van der Waals surface area contributed by atoms with Crippen LogP contribution in [-0.2, 0) is 10.0 Å². The maximum Gasteiger partial charge on any atom is 0.261 e. The molecule has 4 rings (SSSR count). The molecule has 1 aliphatic heterocycles. The van der Waals surface area contributed by atoms with E-state index in [1.165, 1.54) is 18.2 Å². The van der Waals surface area contributed by atoms with Crippen molar-refractivity contribution in [2.75, 3.05) is 29.9 Å². The van der Waals surface area contributed by atoms with Crippen LogP contribution in [0.4, 0.5) is 11.4 Å². The standard InChI is InChI=1S/C23H21ClN2O6S/c1-2-30-20-10-8-18(14-19(20)25-23(27)15-3-5-16(24)6-4-15)33(28,29)26-17-7-9-21-22(13-17)32-12-11-31-21/h3-10,13-14,26H,2,11-12H2,1H3,(H,25,27). The number of rotatable bonds is 7. The summed E-state index contributed by atoms with van der Waals surface area (Å²) in [4.78, 5) is 12.6. The van der Waals surface area contributed by atoms with Gasteiger partial charge in [0.1, 0.15) is 19.0 Å². The first-order chi connectivity index (χ1) is 15.9. The van der Waals surface area contributed by atoms with Crippen LogP contribution in [0.2, 0.25) is 5.02 Å². The lowest BCUT2D eigenvalue weighted by Gasteiger charge is -2.19. The molecule has 1 heterocycles. The third-order valence-electron chi connectivity index (χ3n) is 4.71. The SMILES string of the molecule is CCOc1ccc(S(=O)(=O)Nc2ccc3c(c2)OCCO3)cc1NC(=O)c1ccc(Cl)cc1. The number of ether oxygens (including phenoxy) is 3. The van der Waals surface area contributed by atoms with E-state index in [1.54, 1.807) is 49.4 Å². The Hall–Kier alpha value is -3.43. The van der Waals surface area contributed by atoms with Crippen molar-refractivity contribution in [1.82, 2.24) is 0 Å². The van der Waals surface area contributed by atoms with Gasteiger partial charge in [0.2, 0.25) is 0 Å². The van der Waals surface area contributed by atoms with Crippen LogP contribution < -0.4 is 24.2 Å². The molecule has 10 heteroatoms. The lowest BCUT2D eigenvalue weighted by atomic mass is 10.2. The molecular formula is C23H21ClN2O6S. The smallest absolute Gasteiger partial charge is 0.261 e. The molecule has 0 radical (unpaired) electrons. The van der Waals surface area contributed by atoms with Gasteiger partial charge in [-0.05, 0) is 61.5 Å². The molecule has 0 unspecified atom stereocenters. The molecule has 3 aromatic rings. The van der Waals surface area contributed by atoms with Gasteiger partial charge < -0.3 is 19.5 Å². The highest BCUT2D eigenvalue weighted by atomic mass is 35.5. The van der Waals surface area contributed by atoms with Crippen molar-refractivity contribution < 1.29 is 27.4 Å². The number of carbonyl (C=O) groups excluding carboxylic acids is 1. The molecule has 0 saturated heterocycles. The summed E-state index contributed by atoms with van der Waals surface area (Å²) in [5.74, 6) is 0.932. The number of fused-ring (bicyclic) bond motifs is 1. The number of benzene rings is 3. The number of halogens is 1. The normalized spacial score (nSPS) is 12.7. The molecule has 0 atom stereocenters. The molecule has 172 valence electrons. The fourth-order valence-corrected chi connectivity index (χ4v) is 4.37. The van der Waals surface area contributed by atoms with E-state index in [4.69, 9.17) is 25.8 Å². The Morgan fingerprint density at radius 3 is 2.45 bits per heavy atom. The van der Waals surface area contributed by atoms with E-state index in [2.05, 4.69) is 10.0 Å². The van der Waals surface area contributed by atoms with Crippen molar-refractivity contribution in [1.29, 1.82) is 0 Å². The summed E-state index contributed by atoms with van der Waals surface area (Å²) in [6.45, 7) is 2.96. The molecule has 0 saturated carbocycles. The van der Waals surface area contributed by atoms with Gasteiger partial charge in [-0.3, -0.25) is 9.52 Å². The minimum absolute atomic E-state index is 0.0488. The fourth-order valence-electron chi connectivity index (χ4n) is 3.17. The first kappa shape index (κ1) is 22.8. The topological polar surface area (TPSA) is 103 Å². The number of anilines is 2. The van der Waals surface area contributed by atoms with E-state index in [1.807, 2.05) is 0 Å². The van der Waals surface area contributed by atoms with Crippen LogP contribution >= 0.6 is 11.6 Å². The average Bonchev–Trinajstić information content (AvgIpc) is 2.80. The molecule has 0 aromatic heterocycles. The molecule has 3 aromatic carbocycles. The van der Waals surface area contributed by atoms with Crippen LogP contribution in [0, 0.1) is 0 Å². The molecule has 1 aliphatic rings. The number of nitrogens with one attached hydrogen (secondary N) is 2. The van der Waals surface area contributed by atoms with Crippen LogP contribution in [0.15, 0.2) is 65.6 Å². The molecule has 0 fully saturated rings. The maximum absolute atomic E-state index is 13.0. The second-order valence-corrected chi connectivity index (χ2v) is 9.13. The first-order valence-corrected chi connectivity index (χ1v) is 12.0. The van der Waals surface area contributed by atoms with Crippen LogP contribution in [0.5, 0.6) is 17.2 Å². The molecule has 0 bridgehead atoms. The van der Waals surface area contributed by atoms with Gasteiger partial charge >= 0.3 is 0 Å². The Bertz CT molecular complexity index is 1280. The molecule has 1 amide bonds. The van der Waals surface area contributed by atoms with Crippen LogP contribution in [0.3, 0.4) is 0 Å². The van der Waals surface area contributed by atoms with E-state index >= 15 is 0 Å².